The maximum Gasteiger partial charge on any atom is 0.418 e. The fourth-order valence-corrected chi connectivity index (χ4v) is 3.52. The van der Waals surface area contributed by atoms with Crippen LogP contribution in [-0.4, -0.2) is 25.2 Å². The molecule has 5 nitrogen and oxygen atoms in total. The molecule has 0 saturated carbocycles. The van der Waals surface area contributed by atoms with Gasteiger partial charge in [-0.05, 0) is 49.2 Å². The van der Waals surface area contributed by atoms with Crippen LogP contribution in [0.25, 0.3) is 5.57 Å². The van der Waals surface area contributed by atoms with Crippen molar-refractivity contribution in [3.8, 4) is 0 Å². The molecular formula is C21H19F4N3O2. The minimum atomic E-state index is -4.56. The van der Waals surface area contributed by atoms with Crippen LogP contribution in [0.15, 0.2) is 42.6 Å². The van der Waals surface area contributed by atoms with Crippen molar-refractivity contribution < 1.29 is 27.1 Å². The van der Waals surface area contributed by atoms with Gasteiger partial charge in [0.05, 0.1) is 11.1 Å². The molecule has 4 rings (SSSR count). The van der Waals surface area contributed by atoms with Crippen LogP contribution in [0.3, 0.4) is 0 Å². The number of hydrogen-bond donors (Lipinski definition) is 3. The molecule has 3 N–H and O–H groups in total. The number of carbonyl (C=O) groups is 1. The third kappa shape index (κ3) is 4.25. The Balaban J connectivity index is 1.59. The summed E-state index contributed by atoms with van der Waals surface area (Å²) in [5, 5.41) is 8.27. The molecule has 0 aliphatic carbocycles. The summed E-state index contributed by atoms with van der Waals surface area (Å²) in [5.74, 6) is -0.976. The number of rotatable bonds is 4. The largest absolute Gasteiger partial charge is 0.418 e. The molecule has 0 unspecified atom stereocenters. The van der Waals surface area contributed by atoms with Crippen molar-refractivity contribution in [1.29, 1.82) is 0 Å². The lowest BCUT2D eigenvalue weighted by atomic mass is 10.1. The molecule has 2 aromatic carbocycles. The molecule has 0 aromatic heterocycles. The molecule has 0 radical (unpaired) electrons. The monoisotopic (exact) mass is 421 g/mol. The van der Waals surface area contributed by atoms with Crippen molar-refractivity contribution in [2.45, 2.75) is 25.1 Å². The highest BCUT2D eigenvalue weighted by Gasteiger charge is 2.34. The Kier molecular flexibility index (Phi) is 5.38. The Labute approximate surface area is 170 Å². The van der Waals surface area contributed by atoms with Gasteiger partial charge in [-0.15, -0.1) is 0 Å². The van der Waals surface area contributed by atoms with E-state index in [2.05, 4.69) is 16.0 Å². The maximum absolute atomic E-state index is 13.6. The van der Waals surface area contributed by atoms with Gasteiger partial charge in [-0.25, -0.2) is 4.39 Å². The lowest BCUT2D eigenvalue weighted by Gasteiger charge is -2.26. The molecule has 30 heavy (non-hydrogen) atoms. The molecule has 1 saturated heterocycles. The van der Waals surface area contributed by atoms with E-state index in [9.17, 15) is 22.4 Å². The first-order valence-corrected chi connectivity index (χ1v) is 9.45. The summed E-state index contributed by atoms with van der Waals surface area (Å²) in [4.78, 5) is 12.1. The van der Waals surface area contributed by atoms with Gasteiger partial charge in [-0.2, -0.15) is 13.2 Å². The second-order valence-corrected chi connectivity index (χ2v) is 7.14. The fourth-order valence-electron chi connectivity index (χ4n) is 3.52. The molecule has 0 bridgehead atoms. The van der Waals surface area contributed by atoms with Gasteiger partial charge in [-0.3, -0.25) is 4.79 Å². The number of anilines is 3. The predicted molar refractivity (Wildman–Crippen MR) is 106 cm³/mol. The molecular weight excluding hydrogens is 402 g/mol. The standard InChI is InChI=1S/C21H19F4N3O2/c22-12-1-3-18-15(9-12)16(20(29)28-18)11-26-14-2-4-19(17(10-14)21(23,24)25)27-13-5-7-30-8-6-13/h1-4,9-11,13,26-27H,5-8H2,(H,28,29). The number of carbonyl (C=O) groups excluding carboxylic acids is 1. The van der Waals surface area contributed by atoms with Gasteiger partial charge < -0.3 is 20.7 Å². The van der Waals surface area contributed by atoms with Crippen molar-refractivity contribution in [1.82, 2.24) is 0 Å². The van der Waals surface area contributed by atoms with Crippen LogP contribution >= 0.6 is 0 Å². The first-order chi connectivity index (χ1) is 14.3. The van der Waals surface area contributed by atoms with Gasteiger partial charge in [-0.1, -0.05) is 0 Å². The van der Waals surface area contributed by atoms with E-state index in [-0.39, 0.29) is 23.0 Å². The molecule has 2 aliphatic heterocycles. The van der Waals surface area contributed by atoms with E-state index in [0.29, 0.717) is 37.3 Å². The SMILES string of the molecule is O=C1Nc2ccc(F)cc2C1=CNc1ccc(NC2CCOCC2)c(C(F)(F)F)c1. The van der Waals surface area contributed by atoms with Crippen molar-refractivity contribution in [2.24, 2.45) is 0 Å². The Hall–Kier alpha value is -3.07. The van der Waals surface area contributed by atoms with E-state index in [1.807, 2.05) is 0 Å². The van der Waals surface area contributed by atoms with E-state index < -0.39 is 23.5 Å². The van der Waals surface area contributed by atoms with Crippen molar-refractivity contribution in [3.05, 3.63) is 59.5 Å². The number of amides is 1. The summed E-state index contributed by atoms with van der Waals surface area (Å²) in [6.45, 7) is 1.02. The topological polar surface area (TPSA) is 62.4 Å². The highest BCUT2D eigenvalue weighted by Crippen LogP contribution is 2.38. The second kappa shape index (κ2) is 7.98. The van der Waals surface area contributed by atoms with Gasteiger partial charge in [0.2, 0.25) is 0 Å². The molecule has 2 aliphatic rings. The van der Waals surface area contributed by atoms with Crippen LogP contribution in [0.1, 0.15) is 24.0 Å². The third-order valence-corrected chi connectivity index (χ3v) is 5.05. The van der Waals surface area contributed by atoms with Gasteiger partial charge >= 0.3 is 6.18 Å². The Morgan fingerprint density at radius 1 is 1.10 bits per heavy atom. The number of alkyl halides is 3. The van der Waals surface area contributed by atoms with E-state index in [4.69, 9.17) is 4.74 Å². The summed E-state index contributed by atoms with van der Waals surface area (Å²) in [7, 11) is 0. The maximum atomic E-state index is 13.6. The van der Waals surface area contributed by atoms with Crippen molar-refractivity contribution in [3.63, 3.8) is 0 Å². The Morgan fingerprint density at radius 3 is 2.60 bits per heavy atom. The highest BCUT2D eigenvalue weighted by molar-refractivity contribution is 6.31. The molecule has 1 amide bonds. The first-order valence-electron chi connectivity index (χ1n) is 9.45. The highest BCUT2D eigenvalue weighted by atomic mass is 19.4. The number of hydrogen-bond acceptors (Lipinski definition) is 4. The summed E-state index contributed by atoms with van der Waals surface area (Å²) in [5.41, 5.74) is 0.286. The number of ether oxygens (including phenoxy) is 1. The van der Waals surface area contributed by atoms with Gasteiger partial charge in [0, 0.05) is 48.1 Å². The average molecular weight is 421 g/mol. The first kappa shape index (κ1) is 20.2. The van der Waals surface area contributed by atoms with Crippen molar-refractivity contribution in [2.75, 3.05) is 29.2 Å². The fraction of sp³-hybridized carbons (Fsp3) is 0.286. The van der Waals surface area contributed by atoms with Crippen LogP contribution in [0.5, 0.6) is 0 Å². The zero-order valence-electron chi connectivity index (χ0n) is 15.8. The Bertz CT molecular complexity index is 998. The third-order valence-electron chi connectivity index (χ3n) is 5.05. The van der Waals surface area contributed by atoms with E-state index in [0.717, 1.165) is 6.07 Å². The van der Waals surface area contributed by atoms with E-state index >= 15 is 0 Å². The van der Waals surface area contributed by atoms with Gasteiger partial charge in [0.15, 0.2) is 0 Å². The lowest BCUT2D eigenvalue weighted by Crippen LogP contribution is -2.28. The van der Waals surface area contributed by atoms with Crippen LogP contribution in [0.2, 0.25) is 0 Å². The minimum absolute atomic E-state index is 0.00127. The zero-order chi connectivity index (χ0) is 21.3. The lowest BCUT2D eigenvalue weighted by molar-refractivity contribution is -0.137. The molecule has 9 heteroatoms. The summed E-state index contributed by atoms with van der Waals surface area (Å²) in [6, 6.07) is 7.60. The van der Waals surface area contributed by atoms with E-state index in [1.54, 1.807) is 0 Å². The normalized spacial score (nSPS) is 18.3. The van der Waals surface area contributed by atoms with Gasteiger partial charge in [0.1, 0.15) is 5.82 Å². The summed E-state index contributed by atoms with van der Waals surface area (Å²) < 4.78 is 59.6. The van der Waals surface area contributed by atoms with Crippen LogP contribution in [0, 0.1) is 5.82 Å². The number of nitrogens with one attached hydrogen (secondary N) is 3. The molecule has 0 atom stereocenters. The molecule has 2 heterocycles. The van der Waals surface area contributed by atoms with E-state index in [1.165, 1.54) is 36.5 Å². The smallest absolute Gasteiger partial charge is 0.382 e. The predicted octanol–water partition coefficient (Wildman–Crippen LogP) is 4.84. The van der Waals surface area contributed by atoms with Crippen LogP contribution in [-0.2, 0) is 15.7 Å². The number of benzene rings is 2. The average Bonchev–Trinajstić information content (AvgIpc) is 3.01. The Morgan fingerprint density at radius 2 is 1.87 bits per heavy atom. The summed E-state index contributed by atoms with van der Waals surface area (Å²) >= 11 is 0. The minimum Gasteiger partial charge on any atom is -0.382 e. The van der Waals surface area contributed by atoms with Crippen LogP contribution < -0.4 is 16.0 Å². The van der Waals surface area contributed by atoms with Crippen LogP contribution in [0.4, 0.5) is 34.6 Å². The molecule has 1 fully saturated rings. The summed E-state index contributed by atoms with van der Waals surface area (Å²) in [6.07, 6.45) is -2.01. The quantitative estimate of drug-likeness (QED) is 0.488. The second-order valence-electron chi connectivity index (χ2n) is 7.14. The van der Waals surface area contributed by atoms with Crippen molar-refractivity contribution >= 4 is 28.5 Å². The molecule has 0 spiro atoms. The molecule has 2 aromatic rings. The number of fused-ring (bicyclic) bond motifs is 1. The zero-order valence-corrected chi connectivity index (χ0v) is 15.8. The molecule has 158 valence electrons. The van der Waals surface area contributed by atoms with Gasteiger partial charge in [0.25, 0.3) is 5.91 Å². The number of halogens is 4.